The van der Waals surface area contributed by atoms with Crippen LogP contribution in [-0.2, 0) is 4.79 Å². The van der Waals surface area contributed by atoms with Gasteiger partial charge in [0, 0.05) is 18.8 Å². The highest BCUT2D eigenvalue weighted by Gasteiger charge is 2.22. The molecule has 92 valence electrons. The van der Waals surface area contributed by atoms with Crippen LogP contribution in [0.2, 0.25) is 0 Å². The van der Waals surface area contributed by atoms with Crippen LogP contribution in [0.1, 0.15) is 24.0 Å². The fourth-order valence-electron chi connectivity index (χ4n) is 1.95. The summed E-state index contributed by atoms with van der Waals surface area (Å²) in [6.07, 6.45) is 2.42. The van der Waals surface area contributed by atoms with Crippen LogP contribution in [0, 0.1) is 13.8 Å². The van der Waals surface area contributed by atoms with Gasteiger partial charge in [-0.1, -0.05) is 17.7 Å². The summed E-state index contributed by atoms with van der Waals surface area (Å²) in [6, 6.07) is 6.74. The van der Waals surface area contributed by atoms with Crippen molar-refractivity contribution in [3.63, 3.8) is 0 Å². The molecule has 0 unspecified atom stereocenters. The predicted molar refractivity (Wildman–Crippen MR) is 70.4 cm³/mol. The second-order valence-electron chi connectivity index (χ2n) is 4.90. The molecule has 1 N–H and O–H groups in total. The Bertz CT molecular complexity index is 424. The van der Waals surface area contributed by atoms with Gasteiger partial charge in [-0.2, -0.15) is 0 Å². The zero-order valence-electron chi connectivity index (χ0n) is 10.8. The Kier molecular flexibility index (Phi) is 3.48. The van der Waals surface area contributed by atoms with Crippen LogP contribution in [0.25, 0.3) is 0 Å². The number of nitrogens with zero attached hydrogens (tertiary/aromatic N) is 1. The third kappa shape index (κ3) is 3.07. The molecule has 1 amide bonds. The van der Waals surface area contributed by atoms with Gasteiger partial charge in [0.15, 0.2) is 0 Å². The average Bonchev–Trinajstić information content (AvgIpc) is 3.09. The van der Waals surface area contributed by atoms with Crippen LogP contribution < -0.4 is 10.2 Å². The lowest BCUT2D eigenvalue weighted by Crippen LogP contribution is -2.36. The molecular formula is C14H20N2O. The van der Waals surface area contributed by atoms with Gasteiger partial charge >= 0.3 is 0 Å². The molecule has 0 bridgehead atoms. The molecule has 17 heavy (non-hydrogen) atoms. The van der Waals surface area contributed by atoms with Crippen molar-refractivity contribution in [2.45, 2.75) is 32.7 Å². The molecule has 2 rings (SSSR count). The van der Waals surface area contributed by atoms with Crippen molar-refractivity contribution < 1.29 is 4.79 Å². The standard InChI is InChI=1S/C14H20N2O/c1-10-4-7-13(11(2)8-10)16(3)14(17)9-15-12-5-6-12/h4,7-8,12,15H,5-6,9H2,1-3H3. The minimum atomic E-state index is 0.129. The fourth-order valence-corrected chi connectivity index (χ4v) is 1.95. The second kappa shape index (κ2) is 4.88. The molecule has 1 fully saturated rings. The Morgan fingerprint density at radius 1 is 1.41 bits per heavy atom. The molecule has 1 aliphatic carbocycles. The lowest BCUT2D eigenvalue weighted by molar-refractivity contribution is -0.117. The summed E-state index contributed by atoms with van der Waals surface area (Å²) in [6.45, 7) is 4.54. The van der Waals surface area contributed by atoms with E-state index in [1.54, 1.807) is 4.90 Å². The lowest BCUT2D eigenvalue weighted by atomic mass is 10.1. The first-order valence-electron chi connectivity index (χ1n) is 6.15. The van der Waals surface area contributed by atoms with E-state index in [0.717, 1.165) is 11.3 Å². The molecule has 0 spiro atoms. The van der Waals surface area contributed by atoms with E-state index in [9.17, 15) is 4.79 Å². The van der Waals surface area contributed by atoms with Gasteiger partial charge in [0.2, 0.25) is 5.91 Å². The van der Waals surface area contributed by atoms with Crippen molar-refractivity contribution in [1.29, 1.82) is 0 Å². The molecule has 3 nitrogen and oxygen atoms in total. The molecule has 0 saturated heterocycles. The Morgan fingerprint density at radius 3 is 2.71 bits per heavy atom. The molecular weight excluding hydrogens is 212 g/mol. The minimum Gasteiger partial charge on any atom is -0.314 e. The number of aryl methyl sites for hydroxylation is 2. The van der Waals surface area contributed by atoms with Gasteiger partial charge in [-0.3, -0.25) is 4.79 Å². The summed E-state index contributed by atoms with van der Waals surface area (Å²) in [5.41, 5.74) is 3.37. The maximum Gasteiger partial charge on any atom is 0.240 e. The van der Waals surface area contributed by atoms with Gasteiger partial charge in [-0.15, -0.1) is 0 Å². The van der Waals surface area contributed by atoms with Gasteiger partial charge in [-0.25, -0.2) is 0 Å². The Labute approximate surface area is 103 Å². The van der Waals surface area contributed by atoms with Crippen molar-refractivity contribution in [2.24, 2.45) is 0 Å². The minimum absolute atomic E-state index is 0.129. The van der Waals surface area contributed by atoms with E-state index in [2.05, 4.69) is 18.3 Å². The number of nitrogens with one attached hydrogen (secondary N) is 1. The van der Waals surface area contributed by atoms with Crippen LogP contribution >= 0.6 is 0 Å². The number of carbonyl (C=O) groups is 1. The highest BCUT2D eigenvalue weighted by Crippen LogP contribution is 2.21. The van der Waals surface area contributed by atoms with Crippen molar-refractivity contribution >= 4 is 11.6 Å². The lowest BCUT2D eigenvalue weighted by Gasteiger charge is -2.20. The molecule has 0 aliphatic heterocycles. The van der Waals surface area contributed by atoms with Gasteiger partial charge in [0.05, 0.1) is 6.54 Å². The summed E-state index contributed by atoms with van der Waals surface area (Å²) in [5, 5.41) is 3.25. The smallest absolute Gasteiger partial charge is 0.240 e. The maximum absolute atomic E-state index is 12.0. The van der Waals surface area contributed by atoms with Crippen LogP contribution in [0.15, 0.2) is 18.2 Å². The molecule has 1 aliphatic rings. The van der Waals surface area contributed by atoms with Crippen molar-refractivity contribution in [1.82, 2.24) is 5.32 Å². The van der Waals surface area contributed by atoms with Crippen molar-refractivity contribution in [2.75, 3.05) is 18.5 Å². The summed E-state index contributed by atoms with van der Waals surface area (Å²) >= 11 is 0. The third-order valence-electron chi connectivity index (χ3n) is 3.21. The molecule has 1 saturated carbocycles. The first-order valence-corrected chi connectivity index (χ1v) is 6.15. The maximum atomic E-state index is 12.0. The number of amides is 1. The van der Waals surface area contributed by atoms with Gasteiger partial charge in [0.25, 0.3) is 0 Å². The quantitative estimate of drug-likeness (QED) is 0.861. The van der Waals surface area contributed by atoms with Gasteiger partial charge < -0.3 is 10.2 Å². The molecule has 0 radical (unpaired) electrons. The fraction of sp³-hybridized carbons (Fsp3) is 0.500. The van der Waals surface area contributed by atoms with E-state index >= 15 is 0 Å². The van der Waals surface area contributed by atoms with E-state index in [-0.39, 0.29) is 5.91 Å². The van der Waals surface area contributed by atoms with E-state index in [4.69, 9.17) is 0 Å². The van der Waals surface area contributed by atoms with Crippen LogP contribution in [-0.4, -0.2) is 25.5 Å². The summed E-state index contributed by atoms with van der Waals surface area (Å²) in [7, 11) is 1.84. The number of hydrogen-bond donors (Lipinski definition) is 1. The van der Waals surface area contributed by atoms with Crippen molar-refractivity contribution in [3.05, 3.63) is 29.3 Å². The molecule has 3 heteroatoms. The number of anilines is 1. The zero-order valence-corrected chi connectivity index (χ0v) is 10.8. The first kappa shape index (κ1) is 12.1. The van der Waals surface area contributed by atoms with Crippen LogP contribution in [0.4, 0.5) is 5.69 Å². The summed E-state index contributed by atoms with van der Waals surface area (Å²) in [4.78, 5) is 13.7. The number of likely N-dealkylation sites (N-methyl/N-ethyl adjacent to an activating group) is 1. The normalized spacial score (nSPS) is 14.8. The van der Waals surface area contributed by atoms with Crippen molar-refractivity contribution in [3.8, 4) is 0 Å². The highest BCUT2D eigenvalue weighted by molar-refractivity contribution is 5.95. The molecule has 0 atom stereocenters. The Morgan fingerprint density at radius 2 is 2.12 bits per heavy atom. The number of carbonyl (C=O) groups excluding carboxylic acids is 1. The van der Waals surface area contributed by atoms with E-state index in [1.807, 2.05) is 26.1 Å². The monoisotopic (exact) mass is 232 g/mol. The molecule has 1 aromatic rings. The highest BCUT2D eigenvalue weighted by atomic mass is 16.2. The summed E-state index contributed by atoms with van der Waals surface area (Å²) in [5.74, 6) is 0.129. The van der Waals surface area contributed by atoms with E-state index in [0.29, 0.717) is 12.6 Å². The van der Waals surface area contributed by atoms with E-state index < -0.39 is 0 Å². The first-order chi connectivity index (χ1) is 8.08. The second-order valence-corrected chi connectivity index (χ2v) is 4.90. The van der Waals surface area contributed by atoms with E-state index in [1.165, 1.54) is 18.4 Å². The van der Waals surface area contributed by atoms with Gasteiger partial charge in [0.1, 0.15) is 0 Å². The van der Waals surface area contributed by atoms with Gasteiger partial charge in [-0.05, 0) is 38.3 Å². The Balaban J connectivity index is 2.01. The number of rotatable bonds is 4. The Hall–Kier alpha value is -1.35. The van der Waals surface area contributed by atoms with Crippen LogP contribution in [0.3, 0.4) is 0 Å². The predicted octanol–water partition coefficient (Wildman–Crippen LogP) is 2.02. The van der Waals surface area contributed by atoms with Crippen LogP contribution in [0.5, 0.6) is 0 Å². The topological polar surface area (TPSA) is 32.3 Å². The SMILES string of the molecule is Cc1ccc(N(C)C(=O)CNC2CC2)c(C)c1. The average molecular weight is 232 g/mol. The molecule has 1 aromatic carbocycles. The molecule has 0 aromatic heterocycles. The molecule has 0 heterocycles. The third-order valence-corrected chi connectivity index (χ3v) is 3.21. The summed E-state index contributed by atoms with van der Waals surface area (Å²) < 4.78 is 0. The largest absolute Gasteiger partial charge is 0.314 e. The zero-order chi connectivity index (χ0) is 12.4. The number of benzene rings is 1. The number of hydrogen-bond acceptors (Lipinski definition) is 2.